The van der Waals surface area contributed by atoms with Crippen LogP contribution in [-0.2, 0) is 10.2 Å². The fraction of sp³-hybridized carbons (Fsp3) is 0.381. The minimum Gasteiger partial charge on any atom is -0.494 e. The smallest absolute Gasteiger partial charge is 0.234 e. The monoisotopic (exact) mass is 435 g/mol. The van der Waals surface area contributed by atoms with Crippen molar-refractivity contribution < 1.29 is 9.53 Å². The summed E-state index contributed by atoms with van der Waals surface area (Å²) in [6.07, 6.45) is 2.06. The second kappa shape index (κ2) is 9.47. The number of carbonyl (C=O) groups is 1. The number of hydrogen-bond donors (Lipinski definition) is 2. The van der Waals surface area contributed by atoms with Gasteiger partial charge in [-0.25, -0.2) is 0 Å². The molecule has 2 aromatic rings. The van der Waals surface area contributed by atoms with E-state index in [2.05, 4.69) is 46.9 Å². The van der Waals surface area contributed by atoms with Crippen LogP contribution in [0.4, 0.5) is 5.69 Å². The van der Waals surface area contributed by atoms with E-state index in [0.29, 0.717) is 6.61 Å². The van der Waals surface area contributed by atoms with Gasteiger partial charge < -0.3 is 10.1 Å². The number of fused-ring (bicyclic) bond motifs is 1. The second-order valence-electron chi connectivity index (χ2n) is 6.81. The quantitative estimate of drug-likeness (QED) is 0.462. The van der Waals surface area contributed by atoms with Crippen molar-refractivity contribution in [3.63, 3.8) is 0 Å². The van der Waals surface area contributed by atoms with E-state index in [1.807, 2.05) is 50.2 Å². The van der Waals surface area contributed by atoms with Crippen molar-refractivity contribution in [3.05, 3.63) is 58.1 Å². The van der Waals surface area contributed by atoms with Gasteiger partial charge in [-0.1, -0.05) is 34.1 Å². The third kappa shape index (κ3) is 5.27. The fourth-order valence-corrected chi connectivity index (χ4v) is 3.10. The highest BCUT2D eigenvalue weighted by Gasteiger charge is 2.38. The highest BCUT2D eigenvalue weighted by Crippen LogP contribution is 2.39. The number of anilines is 1. The number of thiol groups is 1. The lowest BCUT2D eigenvalue weighted by Gasteiger charge is -2.16. The molecule has 0 saturated heterocycles. The van der Waals surface area contributed by atoms with Gasteiger partial charge in [-0.15, -0.1) is 0 Å². The highest BCUT2D eigenvalue weighted by molar-refractivity contribution is 9.10. The van der Waals surface area contributed by atoms with Gasteiger partial charge in [0.25, 0.3) is 0 Å². The molecule has 1 amide bonds. The number of nitrogens with one attached hydrogen (secondary N) is 1. The molecule has 0 unspecified atom stereocenters. The Kier molecular flexibility index (Phi) is 7.59. The summed E-state index contributed by atoms with van der Waals surface area (Å²) in [5.74, 6) is 1.76. The summed E-state index contributed by atoms with van der Waals surface area (Å²) in [5.41, 5.74) is 2.72. The van der Waals surface area contributed by atoms with E-state index in [1.165, 1.54) is 10.0 Å². The fourth-order valence-electron chi connectivity index (χ4n) is 2.59. The zero-order valence-corrected chi connectivity index (χ0v) is 18.0. The average Bonchev–Trinajstić information content (AvgIpc) is 2.84. The van der Waals surface area contributed by atoms with Gasteiger partial charge in [-0.3, -0.25) is 4.79 Å². The van der Waals surface area contributed by atoms with Crippen LogP contribution in [-0.4, -0.2) is 18.3 Å². The van der Waals surface area contributed by atoms with E-state index >= 15 is 0 Å². The Morgan fingerprint density at radius 3 is 2.50 bits per heavy atom. The van der Waals surface area contributed by atoms with E-state index in [1.54, 1.807) is 0 Å². The number of amides is 1. The number of halogens is 1. The largest absolute Gasteiger partial charge is 0.494 e. The molecule has 0 aliphatic carbocycles. The van der Waals surface area contributed by atoms with Crippen LogP contribution in [0.25, 0.3) is 0 Å². The molecule has 3 nitrogen and oxygen atoms in total. The minimum atomic E-state index is -0.472. The van der Waals surface area contributed by atoms with Gasteiger partial charge in [0.2, 0.25) is 5.91 Å². The molecule has 0 aromatic heterocycles. The Labute approximate surface area is 170 Å². The number of rotatable bonds is 5. The third-order valence-corrected chi connectivity index (χ3v) is 5.58. The van der Waals surface area contributed by atoms with Crippen LogP contribution in [0, 0.1) is 6.92 Å². The first kappa shape index (κ1) is 20.8. The number of hydrogen-bond acceptors (Lipinski definition) is 3. The molecule has 1 aliphatic rings. The molecule has 140 valence electrons. The predicted octanol–water partition coefficient (Wildman–Crippen LogP) is 5.76. The van der Waals surface area contributed by atoms with Crippen molar-refractivity contribution in [1.29, 1.82) is 0 Å². The van der Waals surface area contributed by atoms with Gasteiger partial charge in [0.15, 0.2) is 0 Å². The normalized spacial score (nSPS) is 14.1. The molecule has 0 saturated carbocycles. The Bertz CT molecular complexity index is 740. The Hall–Kier alpha value is -1.46. The van der Waals surface area contributed by atoms with Crippen molar-refractivity contribution in [1.82, 2.24) is 0 Å². The number of carbonyl (C=O) groups excluding carboxylic acids is 1. The number of aryl methyl sites for hydroxylation is 1. The SMILES string of the molecule is CC1(C)C(=O)Nc2ccc(OCCCCS)cc21.Cc1ccccc1Br. The van der Waals surface area contributed by atoms with Crippen LogP contribution in [0.1, 0.15) is 37.8 Å². The summed E-state index contributed by atoms with van der Waals surface area (Å²) in [6, 6.07) is 13.9. The first-order valence-corrected chi connectivity index (χ1v) is 10.2. The summed E-state index contributed by atoms with van der Waals surface area (Å²) in [7, 11) is 0. The van der Waals surface area contributed by atoms with Gasteiger partial charge in [0, 0.05) is 10.2 Å². The minimum absolute atomic E-state index is 0.0460. The van der Waals surface area contributed by atoms with Crippen LogP contribution >= 0.6 is 28.6 Å². The topological polar surface area (TPSA) is 38.3 Å². The van der Waals surface area contributed by atoms with E-state index < -0.39 is 5.41 Å². The number of unbranched alkanes of at least 4 members (excludes halogenated alkanes) is 1. The first-order valence-electron chi connectivity index (χ1n) is 8.77. The van der Waals surface area contributed by atoms with E-state index in [9.17, 15) is 4.79 Å². The Morgan fingerprint density at radius 1 is 1.15 bits per heavy atom. The summed E-state index contributed by atoms with van der Waals surface area (Å²) in [6.45, 7) is 6.63. The average molecular weight is 436 g/mol. The van der Waals surface area contributed by atoms with Crippen molar-refractivity contribution >= 4 is 40.2 Å². The maximum atomic E-state index is 11.8. The molecule has 3 rings (SSSR count). The summed E-state index contributed by atoms with van der Waals surface area (Å²) in [5, 5.41) is 2.89. The van der Waals surface area contributed by atoms with Gasteiger partial charge in [0.1, 0.15) is 5.75 Å². The first-order chi connectivity index (χ1) is 12.4. The molecular formula is C21H26BrNO2S. The molecule has 1 N–H and O–H groups in total. The summed E-state index contributed by atoms with van der Waals surface area (Å²) in [4.78, 5) is 11.8. The van der Waals surface area contributed by atoms with Crippen LogP contribution in [0.2, 0.25) is 0 Å². The summed E-state index contributed by atoms with van der Waals surface area (Å²) < 4.78 is 6.87. The molecule has 0 atom stereocenters. The molecule has 2 aromatic carbocycles. The molecular weight excluding hydrogens is 410 g/mol. The maximum absolute atomic E-state index is 11.8. The van der Waals surface area contributed by atoms with Crippen molar-refractivity contribution in [3.8, 4) is 5.75 Å². The number of benzene rings is 2. The lowest BCUT2D eigenvalue weighted by molar-refractivity contribution is -0.119. The zero-order valence-electron chi connectivity index (χ0n) is 15.5. The molecule has 0 spiro atoms. The van der Waals surface area contributed by atoms with Crippen molar-refractivity contribution in [2.45, 2.75) is 39.0 Å². The van der Waals surface area contributed by atoms with Crippen LogP contribution in [0.5, 0.6) is 5.75 Å². The summed E-state index contributed by atoms with van der Waals surface area (Å²) >= 11 is 7.56. The second-order valence-corrected chi connectivity index (χ2v) is 8.12. The maximum Gasteiger partial charge on any atom is 0.234 e. The van der Waals surface area contributed by atoms with Crippen LogP contribution in [0.15, 0.2) is 46.9 Å². The van der Waals surface area contributed by atoms with Gasteiger partial charge in [0.05, 0.1) is 12.0 Å². The molecule has 0 fully saturated rings. The van der Waals surface area contributed by atoms with Crippen LogP contribution in [0.3, 0.4) is 0 Å². The zero-order chi connectivity index (χ0) is 19.2. The number of ether oxygens (including phenoxy) is 1. The van der Waals surface area contributed by atoms with Crippen molar-refractivity contribution in [2.75, 3.05) is 17.7 Å². The molecule has 5 heteroatoms. The Morgan fingerprint density at radius 2 is 1.88 bits per heavy atom. The highest BCUT2D eigenvalue weighted by atomic mass is 79.9. The van der Waals surface area contributed by atoms with Gasteiger partial charge >= 0.3 is 0 Å². The lowest BCUT2D eigenvalue weighted by Crippen LogP contribution is -2.26. The molecule has 0 bridgehead atoms. The van der Waals surface area contributed by atoms with E-state index in [-0.39, 0.29) is 5.91 Å². The molecule has 26 heavy (non-hydrogen) atoms. The molecule has 1 aliphatic heterocycles. The van der Waals surface area contributed by atoms with Gasteiger partial charge in [-0.05, 0) is 74.8 Å². The van der Waals surface area contributed by atoms with Crippen LogP contribution < -0.4 is 10.1 Å². The standard InChI is InChI=1S/C14H19NO2S.C7H7Br/c1-14(2)11-9-10(17-7-3-4-8-18)5-6-12(11)15-13(14)16;1-6-4-2-3-5-7(6)8/h5-6,9,18H,3-4,7-8H2,1-2H3,(H,15,16);2-5H,1H3. The van der Waals surface area contributed by atoms with E-state index in [0.717, 1.165) is 35.6 Å². The predicted molar refractivity (Wildman–Crippen MR) is 116 cm³/mol. The third-order valence-electron chi connectivity index (χ3n) is 4.38. The van der Waals surface area contributed by atoms with E-state index in [4.69, 9.17) is 4.74 Å². The van der Waals surface area contributed by atoms with Gasteiger partial charge in [-0.2, -0.15) is 12.6 Å². The lowest BCUT2D eigenvalue weighted by atomic mass is 9.86. The molecule has 0 radical (unpaired) electrons. The Balaban J connectivity index is 0.000000254. The van der Waals surface area contributed by atoms with Crippen molar-refractivity contribution in [2.24, 2.45) is 0 Å². The molecule has 1 heterocycles.